The molecule has 0 saturated carbocycles. The molecule has 254 valence electrons. The molecule has 0 aliphatic carbocycles. The van der Waals surface area contributed by atoms with E-state index in [1.807, 2.05) is 11.8 Å². The second kappa shape index (κ2) is 13.3. The van der Waals surface area contributed by atoms with Crippen LogP contribution in [0, 0.1) is 34.6 Å². The van der Waals surface area contributed by atoms with Crippen LogP contribution < -0.4 is 20.7 Å². The monoisotopic (exact) mass is 702 g/mol. The van der Waals surface area contributed by atoms with Gasteiger partial charge in [-0.25, -0.2) is 22.8 Å². The highest BCUT2D eigenvalue weighted by Crippen LogP contribution is 2.42. The number of carbonyl (C=O) groups is 1. The van der Waals surface area contributed by atoms with Gasteiger partial charge in [0.1, 0.15) is 5.82 Å². The molecule has 48 heavy (non-hydrogen) atoms. The summed E-state index contributed by atoms with van der Waals surface area (Å²) in [5.41, 5.74) is 4.99. The molecule has 2 aromatic carbocycles. The van der Waals surface area contributed by atoms with Gasteiger partial charge in [-0.05, 0) is 63.6 Å². The van der Waals surface area contributed by atoms with E-state index in [0.717, 1.165) is 35.7 Å². The average Bonchev–Trinajstić information content (AvgIpc) is 3.45. The number of aromatic amines is 1. The zero-order valence-corrected chi connectivity index (χ0v) is 27.9. The van der Waals surface area contributed by atoms with E-state index in [1.165, 1.54) is 39.2 Å². The van der Waals surface area contributed by atoms with Crippen molar-refractivity contribution < 1.29 is 31.7 Å². The Kier molecular flexibility index (Phi) is 9.59. The summed E-state index contributed by atoms with van der Waals surface area (Å²) < 4.78 is 61.8. The van der Waals surface area contributed by atoms with Crippen molar-refractivity contribution >= 4 is 50.6 Å². The van der Waals surface area contributed by atoms with E-state index in [0.29, 0.717) is 37.6 Å². The highest BCUT2D eigenvalue weighted by Gasteiger charge is 2.41. The van der Waals surface area contributed by atoms with Gasteiger partial charge in [-0.2, -0.15) is 9.49 Å². The lowest BCUT2D eigenvalue weighted by molar-refractivity contribution is -0.387. The number of amides is 1. The number of halogens is 2. The van der Waals surface area contributed by atoms with Crippen molar-refractivity contribution in [1.29, 1.82) is 0 Å². The van der Waals surface area contributed by atoms with Crippen molar-refractivity contribution in [2.75, 3.05) is 30.4 Å². The van der Waals surface area contributed by atoms with Crippen LogP contribution in [-0.2, 0) is 19.4 Å². The van der Waals surface area contributed by atoms with Crippen molar-refractivity contribution in [3.05, 3.63) is 75.5 Å². The lowest BCUT2D eigenvalue weighted by atomic mass is 9.96. The van der Waals surface area contributed by atoms with E-state index < -0.39 is 47.3 Å². The highest BCUT2D eigenvalue weighted by molar-refractivity contribution is 7.99. The number of anilines is 3. The molecule has 4 N–H and O–H groups in total. The molecule has 0 radical (unpaired) electrons. The van der Waals surface area contributed by atoms with Gasteiger partial charge in [0.05, 0.1) is 26.6 Å². The Labute approximate surface area is 278 Å². The molecule has 1 aliphatic heterocycles. The molecule has 1 aliphatic rings. The minimum atomic E-state index is -4.47. The molecule has 1 amide bonds. The molecule has 0 unspecified atom stereocenters. The third-order valence-electron chi connectivity index (χ3n) is 8.09. The zero-order chi connectivity index (χ0) is 35.0. The van der Waals surface area contributed by atoms with Gasteiger partial charge in [-0.1, -0.05) is 12.1 Å². The SMILES string of the molecule is COc1c(Nc2cc(C)[nH]n2)nc(Sc2ccc(S(=O)(=O)C(C)(C)c3cccc([N+](=O)[O-])c3F)cc2F)nc1N1CCC(C(N)=O)CC1. The number of nitro groups is 1. The maximum atomic E-state index is 15.7. The Balaban J connectivity index is 1.50. The van der Waals surface area contributed by atoms with Crippen LogP contribution in [0.4, 0.5) is 31.9 Å². The van der Waals surface area contributed by atoms with E-state index in [-0.39, 0.29) is 33.4 Å². The number of benzene rings is 2. The molecule has 5 rings (SSSR count). The number of primary amides is 1. The van der Waals surface area contributed by atoms with Gasteiger partial charge in [-0.3, -0.25) is 20.0 Å². The molecule has 4 aromatic rings. The molecule has 0 spiro atoms. The number of carbonyl (C=O) groups excluding carboxylic acids is 1. The fraction of sp³-hybridized carbons (Fsp3) is 0.333. The number of piperidine rings is 1. The van der Waals surface area contributed by atoms with E-state index in [1.54, 1.807) is 6.07 Å². The van der Waals surface area contributed by atoms with Crippen molar-refractivity contribution in [2.45, 2.75) is 53.3 Å². The number of aromatic nitrogens is 4. The number of aryl methyl sites for hydroxylation is 1. The second-order valence-electron chi connectivity index (χ2n) is 11.5. The number of rotatable bonds is 11. The number of nitrogens with two attached hydrogens (primary N) is 1. The van der Waals surface area contributed by atoms with E-state index in [9.17, 15) is 23.3 Å². The van der Waals surface area contributed by atoms with E-state index in [2.05, 4.69) is 25.5 Å². The van der Waals surface area contributed by atoms with Gasteiger partial charge < -0.3 is 20.7 Å². The summed E-state index contributed by atoms with van der Waals surface area (Å²) in [6, 6.07) is 8.22. The fourth-order valence-corrected chi connectivity index (χ4v) is 7.63. The van der Waals surface area contributed by atoms with Crippen LogP contribution in [0.25, 0.3) is 0 Å². The first kappa shape index (κ1) is 34.5. The number of sulfone groups is 1. The average molecular weight is 703 g/mol. The van der Waals surface area contributed by atoms with E-state index in [4.69, 9.17) is 10.5 Å². The number of nitro benzene ring substituents is 1. The quantitative estimate of drug-likeness (QED) is 0.107. The van der Waals surface area contributed by atoms with Crippen molar-refractivity contribution in [1.82, 2.24) is 20.2 Å². The van der Waals surface area contributed by atoms with Crippen LogP contribution in [0.1, 0.15) is 37.9 Å². The Hall–Kier alpha value is -4.84. The predicted octanol–water partition coefficient (Wildman–Crippen LogP) is 5.01. The molecule has 0 bridgehead atoms. The van der Waals surface area contributed by atoms with Gasteiger partial charge in [0.25, 0.3) is 0 Å². The van der Waals surface area contributed by atoms with Crippen molar-refractivity contribution in [2.24, 2.45) is 11.7 Å². The Morgan fingerprint density at radius 3 is 2.48 bits per heavy atom. The number of nitrogens with zero attached hydrogens (tertiary/aromatic N) is 5. The van der Waals surface area contributed by atoms with Crippen LogP contribution in [-0.4, -0.2) is 59.6 Å². The third-order valence-corrected chi connectivity index (χ3v) is 11.4. The van der Waals surface area contributed by atoms with Crippen LogP contribution in [0.3, 0.4) is 0 Å². The second-order valence-corrected chi connectivity index (χ2v) is 15.0. The molecule has 1 fully saturated rings. The minimum absolute atomic E-state index is 0.0154. The molecule has 2 aromatic heterocycles. The third kappa shape index (κ3) is 6.62. The first-order chi connectivity index (χ1) is 22.6. The zero-order valence-electron chi connectivity index (χ0n) is 26.3. The topological polar surface area (TPSA) is 199 Å². The summed E-state index contributed by atoms with van der Waals surface area (Å²) in [5, 5.41) is 21.5. The predicted molar refractivity (Wildman–Crippen MR) is 173 cm³/mol. The van der Waals surface area contributed by atoms with Crippen LogP contribution in [0.15, 0.2) is 57.4 Å². The van der Waals surface area contributed by atoms with Crippen LogP contribution in [0.5, 0.6) is 5.75 Å². The van der Waals surface area contributed by atoms with Crippen molar-refractivity contribution in [3.8, 4) is 5.75 Å². The van der Waals surface area contributed by atoms with Gasteiger partial charge in [0, 0.05) is 42.4 Å². The van der Waals surface area contributed by atoms with Gasteiger partial charge in [0.2, 0.25) is 17.5 Å². The summed E-state index contributed by atoms with van der Waals surface area (Å²) in [6.45, 7) is 5.08. The number of ether oxygens (including phenoxy) is 1. The highest BCUT2D eigenvalue weighted by atomic mass is 32.2. The normalized spacial score (nSPS) is 14.2. The lowest BCUT2D eigenvalue weighted by Crippen LogP contribution is -2.39. The number of H-pyrrole nitrogens is 1. The number of hydrogen-bond donors (Lipinski definition) is 3. The fourth-order valence-electron chi connectivity index (χ4n) is 5.33. The van der Waals surface area contributed by atoms with Gasteiger partial charge in [-0.15, -0.1) is 0 Å². The largest absolute Gasteiger partial charge is 0.490 e. The summed E-state index contributed by atoms with van der Waals surface area (Å²) in [7, 11) is -3.02. The Morgan fingerprint density at radius 2 is 1.90 bits per heavy atom. The minimum Gasteiger partial charge on any atom is -0.490 e. The molecule has 14 nitrogen and oxygen atoms in total. The first-order valence-electron chi connectivity index (χ1n) is 14.6. The Bertz CT molecular complexity index is 2000. The van der Waals surface area contributed by atoms with E-state index >= 15 is 8.78 Å². The molecular formula is C30H32F2N8O6S2. The molecule has 3 heterocycles. The van der Waals surface area contributed by atoms with Gasteiger partial charge in [0.15, 0.2) is 32.4 Å². The number of methoxy groups -OCH3 is 1. The van der Waals surface area contributed by atoms with Crippen LogP contribution >= 0.6 is 11.8 Å². The summed E-state index contributed by atoms with van der Waals surface area (Å²) in [4.78, 5) is 32.7. The first-order valence-corrected chi connectivity index (χ1v) is 16.9. The summed E-state index contributed by atoms with van der Waals surface area (Å²) in [5.74, 6) is -1.54. The molecule has 1 saturated heterocycles. The molecule has 18 heteroatoms. The summed E-state index contributed by atoms with van der Waals surface area (Å²) >= 11 is 0.826. The number of nitrogens with one attached hydrogen (secondary N) is 2. The standard InChI is InChI=1S/C30H32F2N8O6S2/c1-16-14-23(38-37-16)34-27-25(46-4)28(39-12-10-17(11-13-39)26(33)41)36-29(35-27)47-22-9-8-18(15-20(22)31)48(44,45)30(2,3)19-6-5-7-21(24(19)32)40(42)43/h5-9,14-15,17H,10-13H2,1-4H3,(H2,33,41)(H2,34,35,36,37,38). The summed E-state index contributed by atoms with van der Waals surface area (Å²) in [6.07, 6.45) is 0.987. The maximum Gasteiger partial charge on any atom is 0.305 e. The Morgan fingerprint density at radius 1 is 1.19 bits per heavy atom. The van der Waals surface area contributed by atoms with Crippen molar-refractivity contribution in [3.63, 3.8) is 0 Å². The maximum absolute atomic E-state index is 15.7. The van der Waals surface area contributed by atoms with Gasteiger partial charge >= 0.3 is 5.69 Å². The number of hydrogen-bond acceptors (Lipinski definition) is 12. The molecular weight excluding hydrogens is 671 g/mol. The smallest absolute Gasteiger partial charge is 0.305 e. The lowest BCUT2D eigenvalue weighted by Gasteiger charge is -2.32. The van der Waals surface area contributed by atoms with Crippen LogP contribution in [0.2, 0.25) is 0 Å². The molecule has 0 atom stereocenters.